The van der Waals surface area contributed by atoms with Crippen molar-refractivity contribution in [3.8, 4) is 0 Å². The highest BCUT2D eigenvalue weighted by molar-refractivity contribution is 5.50. The normalized spacial score (nSPS) is 18.7. The van der Waals surface area contributed by atoms with Gasteiger partial charge in [-0.15, -0.1) is 0 Å². The molecule has 1 aromatic carbocycles. The Hall–Kier alpha value is -1.02. The van der Waals surface area contributed by atoms with Gasteiger partial charge >= 0.3 is 0 Å². The monoisotopic (exact) mass is 204 g/mol. The fourth-order valence-electron chi connectivity index (χ4n) is 2.05. The molecule has 1 fully saturated rings. The first-order chi connectivity index (χ1) is 7.20. The van der Waals surface area contributed by atoms with E-state index in [1.165, 1.54) is 24.3 Å². The lowest BCUT2D eigenvalue weighted by molar-refractivity contribution is 0.447. The van der Waals surface area contributed by atoms with Gasteiger partial charge in [-0.25, -0.2) is 0 Å². The summed E-state index contributed by atoms with van der Waals surface area (Å²) in [6.45, 7) is 6.90. The minimum absolute atomic E-state index is 0.439. The smallest absolute Gasteiger partial charge is 0.0366 e. The van der Waals surface area contributed by atoms with Gasteiger partial charge in [0.05, 0.1) is 0 Å². The maximum Gasteiger partial charge on any atom is 0.0366 e. The maximum absolute atomic E-state index is 3.25. The van der Waals surface area contributed by atoms with Crippen molar-refractivity contribution in [1.29, 1.82) is 0 Å². The quantitative estimate of drug-likeness (QED) is 0.813. The molecule has 1 heterocycles. The number of nitrogens with zero attached hydrogens (tertiary/aromatic N) is 1. The summed E-state index contributed by atoms with van der Waals surface area (Å²) < 4.78 is 0. The summed E-state index contributed by atoms with van der Waals surface area (Å²) in [4.78, 5) is 2.43. The lowest BCUT2D eigenvalue weighted by atomic mass is 10.0. The summed E-state index contributed by atoms with van der Waals surface area (Å²) in [5.41, 5.74) is 2.72. The second-order valence-corrected chi connectivity index (χ2v) is 4.61. The predicted octanol–water partition coefficient (Wildman–Crippen LogP) is 2.42. The molecule has 82 valence electrons. The average Bonchev–Trinajstić information content (AvgIpc) is 2.24. The number of rotatable bonds is 3. The molecule has 0 aliphatic carbocycles. The Morgan fingerprint density at radius 3 is 2.33 bits per heavy atom. The number of hydrogen-bond acceptors (Lipinski definition) is 2. The fraction of sp³-hybridized carbons (Fsp3) is 0.538. The number of hydrogen-bond donors (Lipinski definition) is 1. The molecule has 1 saturated heterocycles. The van der Waals surface area contributed by atoms with Crippen LogP contribution in [0.5, 0.6) is 0 Å². The lowest BCUT2D eigenvalue weighted by Crippen LogP contribution is -2.45. The molecule has 0 radical (unpaired) electrons. The van der Waals surface area contributed by atoms with Crippen LogP contribution in [0, 0.1) is 5.92 Å². The molecule has 1 aliphatic heterocycles. The molecule has 0 aromatic heterocycles. The van der Waals surface area contributed by atoms with Crippen LogP contribution in [0.1, 0.15) is 25.5 Å². The Kier molecular flexibility index (Phi) is 2.96. The molecule has 0 bridgehead atoms. The zero-order valence-corrected chi connectivity index (χ0v) is 9.83. The molecule has 15 heavy (non-hydrogen) atoms. The minimum Gasteiger partial charge on any atom is -0.371 e. The molecule has 0 amide bonds. The van der Waals surface area contributed by atoms with Crippen molar-refractivity contribution in [2.75, 3.05) is 25.0 Å². The summed E-state index contributed by atoms with van der Waals surface area (Å²) in [7, 11) is 2.00. The van der Waals surface area contributed by atoms with E-state index < -0.39 is 0 Å². The highest BCUT2D eigenvalue weighted by Crippen LogP contribution is 2.25. The van der Waals surface area contributed by atoms with Crippen LogP contribution < -0.4 is 10.2 Å². The Balaban J connectivity index is 2.04. The minimum atomic E-state index is 0.439. The van der Waals surface area contributed by atoms with Gasteiger partial charge in [-0.2, -0.15) is 0 Å². The van der Waals surface area contributed by atoms with Crippen LogP contribution in [0.25, 0.3) is 0 Å². The van der Waals surface area contributed by atoms with E-state index in [1.54, 1.807) is 0 Å². The number of nitrogens with one attached hydrogen (secondary N) is 1. The van der Waals surface area contributed by atoms with Crippen molar-refractivity contribution >= 4 is 5.69 Å². The summed E-state index contributed by atoms with van der Waals surface area (Å²) in [5, 5.41) is 3.25. The van der Waals surface area contributed by atoms with E-state index in [-0.39, 0.29) is 0 Å². The third-order valence-electron chi connectivity index (χ3n) is 3.26. The van der Waals surface area contributed by atoms with Crippen molar-refractivity contribution in [2.24, 2.45) is 5.92 Å². The Morgan fingerprint density at radius 2 is 1.87 bits per heavy atom. The standard InChI is InChI=1S/C13H20N2/c1-10-8-15(9-10)13-6-4-12(5-7-13)11(2)14-3/h4-7,10-11,14H,8-9H2,1-3H3. The van der Waals surface area contributed by atoms with E-state index in [0.717, 1.165) is 5.92 Å². The van der Waals surface area contributed by atoms with Gasteiger partial charge < -0.3 is 10.2 Å². The van der Waals surface area contributed by atoms with Crippen LogP contribution >= 0.6 is 0 Å². The van der Waals surface area contributed by atoms with Gasteiger partial charge in [-0.3, -0.25) is 0 Å². The van der Waals surface area contributed by atoms with Gasteiger partial charge in [-0.1, -0.05) is 19.1 Å². The van der Waals surface area contributed by atoms with Crippen LogP contribution in [0.4, 0.5) is 5.69 Å². The van der Waals surface area contributed by atoms with E-state index >= 15 is 0 Å². The molecule has 1 atom stereocenters. The topological polar surface area (TPSA) is 15.3 Å². The zero-order valence-electron chi connectivity index (χ0n) is 9.83. The summed E-state index contributed by atoms with van der Waals surface area (Å²) in [5.74, 6) is 0.862. The summed E-state index contributed by atoms with van der Waals surface area (Å²) in [6.07, 6.45) is 0. The fourth-order valence-corrected chi connectivity index (χ4v) is 2.05. The van der Waals surface area contributed by atoms with Gasteiger partial charge in [0.2, 0.25) is 0 Å². The highest BCUT2D eigenvalue weighted by atomic mass is 15.2. The number of benzene rings is 1. The summed E-state index contributed by atoms with van der Waals surface area (Å²) >= 11 is 0. The van der Waals surface area contributed by atoms with E-state index in [9.17, 15) is 0 Å². The Bertz CT molecular complexity index is 312. The Morgan fingerprint density at radius 1 is 1.27 bits per heavy atom. The SMILES string of the molecule is CNC(C)c1ccc(N2CC(C)C2)cc1. The first kappa shape index (κ1) is 10.5. The van der Waals surface area contributed by atoms with Crippen LogP contribution in [0.2, 0.25) is 0 Å². The molecule has 2 heteroatoms. The third kappa shape index (κ3) is 2.15. The van der Waals surface area contributed by atoms with Gasteiger partial charge in [-0.05, 0) is 37.6 Å². The van der Waals surface area contributed by atoms with Crippen LogP contribution in [-0.4, -0.2) is 20.1 Å². The predicted molar refractivity (Wildman–Crippen MR) is 65.3 cm³/mol. The first-order valence-corrected chi connectivity index (χ1v) is 5.73. The average molecular weight is 204 g/mol. The van der Waals surface area contributed by atoms with Gasteiger partial charge in [0.25, 0.3) is 0 Å². The van der Waals surface area contributed by atoms with E-state index in [1.807, 2.05) is 7.05 Å². The van der Waals surface area contributed by atoms with E-state index in [2.05, 4.69) is 48.3 Å². The van der Waals surface area contributed by atoms with Gasteiger partial charge in [0, 0.05) is 24.8 Å². The Labute approximate surface area is 92.3 Å². The summed E-state index contributed by atoms with van der Waals surface area (Å²) in [6, 6.07) is 9.35. The second kappa shape index (κ2) is 4.23. The van der Waals surface area contributed by atoms with E-state index in [4.69, 9.17) is 0 Å². The zero-order chi connectivity index (χ0) is 10.8. The molecular formula is C13H20N2. The molecule has 1 unspecified atom stereocenters. The molecule has 1 N–H and O–H groups in total. The second-order valence-electron chi connectivity index (χ2n) is 4.61. The van der Waals surface area contributed by atoms with Crippen molar-refractivity contribution in [2.45, 2.75) is 19.9 Å². The van der Waals surface area contributed by atoms with Crippen molar-refractivity contribution in [3.63, 3.8) is 0 Å². The van der Waals surface area contributed by atoms with Crippen LogP contribution in [0.15, 0.2) is 24.3 Å². The van der Waals surface area contributed by atoms with Crippen molar-refractivity contribution in [3.05, 3.63) is 29.8 Å². The van der Waals surface area contributed by atoms with Gasteiger partial charge in [0.15, 0.2) is 0 Å². The lowest BCUT2D eigenvalue weighted by Gasteiger charge is -2.39. The first-order valence-electron chi connectivity index (χ1n) is 5.73. The van der Waals surface area contributed by atoms with E-state index in [0.29, 0.717) is 6.04 Å². The molecule has 1 aliphatic rings. The molecule has 2 rings (SSSR count). The number of anilines is 1. The van der Waals surface area contributed by atoms with Crippen LogP contribution in [-0.2, 0) is 0 Å². The molecule has 2 nitrogen and oxygen atoms in total. The van der Waals surface area contributed by atoms with Gasteiger partial charge in [0.1, 0.15) is 0 Å². The van der Waals surface area contributed by atoms with Crippen molar-refractivity contribution in [1.82, 2.24) is 5.32 Å². The highest BCUT2D eigenvalue weighted by Gasteiger charge is 2.22. The molecular weight excluding hydrogens is 184 g/mol. The maximum atomic E-state index is 3.25. The third-order valence-corrected chi connectivity index (χ3v) is 3.26. The van der Waals surface area contributed by atoms with Crippen molar-refractivity contribution < 1.29 is 0 Å². The largest absolute Gasteiger partial charge is 0.371 e. The molecule has 0 saturated carbocycles. The van der Waals surface area contributed by atoms with Crippen LogP contribution in [0.3, 0.4) is 0 Å². The molecule has 1 aromatic rings. The molecule has 0 spiro atoms.